The van der Waals surface area contributed by atoms with E-state index in [0.717, 1.165) is 0 Å². The van der Waals surface area contributed by atoms with Crippen molar-refractivity contribution in [1.29, 1.82) is 0 Å². The molecule has 0 spiro atoms. The largest absolute Gasteiger partial charge is 0.480 e. The van der Waals surface area contributed by atoms with Crippen LogP contribution in [0.1, 0.15) is 25.7 Å². The van der Waals surface area contributed by atoms with E-state index >= 15 is 0 Å². The number of carbonyl (C=O) groups is 10. The summed E-state index contributed by atoms with van der Waals surface area (Å²) in [6.45, 7) is -3.13. The zero-order chi connectivity index (χ0) is 34.9. The van der Waals surface area contributed by atoms with Crippen LogP contribution in [0.15, 0.2) is 0 Å². The average Bonchev–Trinajstić information content (AvgIpc) is 3.75. The average molecular weight is 669 g/mol. The molecule has 0 unspecified atom stereocenters. The number of hydrogen-bond acceptors (Lipinski definition) is 11. The van der Waals surface area contributed by atoms with Crippen LogP contribution >= 0.6 is 0 Å². The number of carboxylic acids is 1. The van der Waals surface area contributed by atoms with Crippen molar-refractivity contribution < 1.29 is 53.1 Å². The summed E-state index contributed by atoms with van der Waals surface area (Å²) < 4.78 is 0. The lowest BCUT2D eigenvalue weighted by Crippen LogP contribution is -2.52. The van der Waals surface area contributed by atoms with E-state index in [1.54, 1.807) is 0 Å². The maximum atomic E-state index is 12.6. The Balaban J connectivity index is 1.68. The Kier molecular flexibility index (Phi) is 15.5. The predicted octanol–water partition coefficient (Wildman–Crippen LogP) is -7.17. The Hall–Kier alpha value is -5.34. The topological polar surface area (TPSA) is 308 Å². The summed E-state index contributed by atoms with van der Waals surface area (Å²) in [5.41, 5.74) is 5.13. The van der Waals surface area contributed by atoms with Crippen LogP contribution in [0.4, 0.5) is 0 Å². The minimum Gasteiger partial charge on any atom is -0.480 e. The van der Waals surface area contributed by atoms with Gasteiger partial charge < -0.3 is 57.9 Å². The molecule has 0 aliphatic carbocycles. The molecule has 21 nitrogen and oxygen atoms in total. The molecule has 0 aromatic heterocycles. The predicted molar refractivity (Wildman–Crippen MR) is 157 cm³/mol. The van der Waals surface area contributed by atoms with Gasteiger partial charge in [-0.05, 0) is 25.7 Å². The fourth-order valence-corrected chi connectivity index (χ4v) is 4.65. The standard InChI is InChI=1S/C26H40N10O11/c27-7-17(37)28-8-18(38)30-12-22(42)35-5-1-3-15(35)25(46)33-10-20(40)29-9-19(39)31-13-23(43)36-6-2-4-16(36)26(47)34-11-21(41)32-14-24(44)45/h15-16H,1-14,27H2,(H,28,37)(H,29,40)(H,30,38)(H,31,39)(H,32,41)(H,33,46)(H,34,47)(H,44,45)/t15-,16-/m0/s1. The molecule has 2 atom stereocenters. The van der Waals surface area contributed by atoms with E-state index in [2.05, 4.69) is 37.2 Å². The van der Waals surface area contributed by atoms with Crippen LogP contribution in [0.3, 0.4) is 0 Å². The summed E-state index contributed by atoms with van der Waals surface area (Å²) in [6.07, 6.45) is 1.68. The molecule has 0 radical (unpaired) electrons. The third-order valence-corrected chi connectivity index (χ3v) is 6.99. The van der Waals surface area contributed by atoms with Gasteiger partial charge in [0.05, 0.1) is 45.8 Å². The van der Waals surface area contributed by atoms with Gasteiger partial charge in [-0.15, -0.1) is 0 Å². The molecule has 9 amide bonds. The molecule has 260 valence electrons. The second-order valence-electron chi connectivity index (χ2n) is 10.4. The highest BCUT2D eigenvalue weighted by Gasteiger charge is 2.35. The third kappa shape index (κ3) is 13.3. The normalized spacial score (nSPS) is 16.8. The number of carbonyl (C=O) groups excluding carboxylic acids is 9. The quantitative estimate of drug-likeness (QED) is 0.0698. The van der Waals surface area contributed by atoms with E-state index in [9.17, 15) is 47.9 Å². The van der Waals surface area contributed by atoms with E-state index in [0.29, 0.717) is 25.7 Å². The molecule has 10 N–H and O–H groups in total. The van der Waals surface area contributed by atoms with Gasteiger partial charge in [-0.25, -0.2) is 0 Å². The van der Waals surface area contributed by atoms with Gasteiger partial charge in [0.2, 0.25) is 53.2 Å². The lowest BCUT2D eigenvalue weighted by molar-refractivity contribution is -0.139. The zero-order valence-corrected chi connectivity index (χ0v) is 25.6. The number of aliphatic carboxylic acids is 1. The highest BCUT2D eigenvalue weighted by molar-refractivity contribution is 5.95. The highest BCUT2D eigenvalue weighted by Crippen LogP contribution is 2.18. The van der Waals surface area contributed by atoms with Gasteiger partial charge in [-0.1, -0.05) is 0 Å². The minimum absolute atomic E-state index is 0.238. The van der Waals surface area contributed by atoms with E-state index in [1.165, 1.54) is 9.80 Å². The highest BCUT2D eigenvalue weighted by atomic mass is 16.4. The second-order valence-corrected chi connectivity index (χ2v) is 10.4. The molecule has 2 saturated heterocycles. The molecule has 2 aliphatic heterocycles. The molecule has 0 aromatic rings. The smallest absolute Gasteiger partial charge is 0.322 e. The first kappa shape index (κ1) is 37.8. The first-order valence-corrected chi connectivity index (χ1v) is 14.7. The number of nitrogens with one attached hydrogen (secondary N) is 7. The van der Waals surface area contributed by atoms with Gasteiger partial charge in [-0.2, -0.15) is 0 Å². The molecule has 0 bridgehead atoms. The van der Waals surface area contributed by atoms with Crippen molar-refractivity contribution in [2.45, 2.75) is 37.8 Å². The van der Waals surface area contributed by atoms with Gasteiger partial charge in [0.15, 0.2) is 0 Å². The minimum atomic E-state index is -1.25. The number of rotatable bonds is 17. The molecule has 0 aromatic carbocycles. The van der Waals surface area contributed by atoms with Crippen molar-refractivity contribution in [3.8, 4) is 0 Å². The van der Waals surface area contributed by atoms with Gasteiger partial charge >= 0.3 is 5.97 Å². The summed E-state index contributed by atoms with van der Waals surface area (Å²) in [6, 6.07) is -1.75. The molecule has 47 heavy (non-hydrogen) atoms. The van der Waals surface area contributed by atoms with Gasteiger partial charge in [0.25, 0.3) is 0 Å². The van der Waals surface area contributed by atoms with Gasteiger partial charge in [-0.3, -0.25) is 47.9 Å². The molecule has 2 heterocycles. The summed E-state index contributed by atoms with van der Waals surface area (Å²) in [5, 5.41) is 24.6. The SMILES string of the molecule is NCC(=O)NCC(=O)NCC(=O)N1CCC[C@H]1C(=O)NCC(=O)NCC(=O)NCC(=O)N1CCC[C@H]1C(=O)NCC(=O)NCC(=O)O. The molecule has 21 heteroatoms. The molecule has 2 rings (SSSR count). The summed E-state index contributed by atoms with van der Waals surface area (Å²) in [5.74, 6) is -6.87. The van der Waals surface area contributed by atoms with Crippen molar-refractivity contribution in [2.75, 3.05) is 65.4 Å². The Morgan fingerprint density at radius 3 is 1.23 bits per heavy atom. The van der Waals surface area contributed by atoms with Crippen molar-refractivity contribution in [3.63, 3.8) is 0 Å². The molecule has 2 fully saturated rings. The van der Waals surface area contributed by atoms with Crippen LogP contribution in [0, 0.1) is 0 Å². The fraction of sp³-hybridized carbons (Fsp3) is 0.615. The Bertz CT molecular complexity index is 1240. The maximum absolute atomic E-state index is 12.6. The lowest BCUT2D eigenvalue weighted by Gasteiger charge is -2.24. The monoisotopic (exact) mass is 668 g/mol. The molecule has 0 saturated carbocycles. The Labute approximate surface area is 268 Å². The van der Waals surface area contributed by atoms with E-state index in [-0.39, 0.29) is 26.2 Å². The molecular formula is C26H40N10O11. The van der Waals surface area contributed by atoms with Crippen LogP contribution in [0.2, 0.25) is 0 Å². The second kappa shape index (κ2) is 19.2. The number of likely N-dealkylation sites (tertiary alicyclic amines) is 2. The first-order chi connectivity index (χ1) is 22.3. The van der Waals surface area contributed by atoms with Crippen molar-refractivity contribution in [2.24, 2.45) is 5.73 Å². The Morgan fingerprint density at radius 2 is 0.851 bits per heavy atom. The maximum Gasteiger partial charge on any atom is 0.322 e. The third-order valence-electron chi connectivity index (χ3n) is 6.99. The number of nitrogens with two attached hydrogens (primary N) is 1. The van der Waals surface area contributed by atoms with E-state index in [1.807, 2.05) is 0 Å². The van der Waals surface area contributed by atoms with Crippen LogP contribution < -0.4 is 43.0 Å². The van der Waals surface area contributed by atoms with Crippen LogP contribution in [-0.2, 0) is 47.9 Å². The van der Waals surface area contributed by atoms with Gasteiger partial charge in [0, 0.05) is 13.1 Å². The van der Waals surface area contributed by atoms with Crippen molar-refractivity contribution in [3.05, 3.63) is 0 Å². The van der Waals surface area contributed by atoms with Crippen molar-refractivity contribution >= 4 is 59.1 Å². The van der Waals surface area contributed by atoms with E-state index < -0.39 is 110 Å². The summed E-state index contributed by atoms with van der Waals surface area (Å²) in [4.78, 5) is 122. The van der Waals surface area contributed by atoms with Gasteiger partial charge in [0.1, 0.15) is 18.6 Å². The van der Waals surface area contributed by atoms with Crippen LogP contribution in [0.25, 0.3) is 0 Å². The van der Waals surface area contributed by atoms with Crippen molar-refractivity contribution in [1.82, 2.24) is 47.0 Å². The summed E-state index contributed by atoms with van der Waals surface area (Å²) >= 11 is 0. The zero-order valence-electron chi connectivity index (χ0n) is 25.6. The fourth-order valence-electron chi connectivity index (χ4n) is 4.65. The number of carboxylic acid groups (broad SMARTS) is 1. The summed E-state index contributed by atoms with van der Waals surface area (Å²) in [7, 11) is 0. The van der Waals surface area contributed by atoms with Crippen LogP contribution in [0.5, 0.6) is 0 Å². The van der Waals surface area contributed by atoms with Crippen LogP contribution in [-0.4, -0.2) is 152 Å². The molecular weight excluding hydrogens is 628 g/mol. The Morgan fingerprint density at radius 1 is 0.511 bits per heavy atom. The number of amides is 9. The molecule has 2 aliphatic rings. The first-order valence-electron chi connectivity index (χ1n) is 14.7. The van der Waals surface area contributed by atoms with E-state index in [4.69, 9.17) is 10.8 Å². The lowest BCUT2D eigenvalue weighted by atomic mass is 10.2. The number of hydrogen-bond donors (Lipinski definition) is 9. The number of nitrogens with zero attached hydrogens (tertiary/aromatic N) is 2.